The second kappa shape index (κ2) is 11.0. The molecule has 0 bridgehead atoms. The number of rotatable bonds is 8. The Bertz CT molecular complexity index is 1200. The van der Waals surface area contributed by atoms with Gasteiger partial charge in [0.05, 0.1) is 29.9 Å². The molecule has 0 aromatic heterocycles. The molecule has 2 atom stereocenters. The summed E-state index contributed by atoms with van der Waals surface area (Å²) in [5, 5.41) is 28.6. The third-order valence-corrected chi connectivity index (χ3v) is 6.44. The molecule has 0 fully saturated rings. The first-order valence-electron chi connectivity index (χ1n) is 11.6. The van der Waals surface area contributed by atoms with Crippen LogP contribution in [-0.2, 0) is 19.4 Å². The van der Waals surface area contributed by atoms with Crippen LogP contribution >= 0.6 is 0 Å². The van der Waals surface area contributed by atoms with E-state index < -0.39 is 0 Å². The fraction of sp³-hybridized carbons (Fsp3) is 0.333. The molecule has 0 aliphatic rings. The number of hydrogen-bond donors (Lipinski definition) is 1. The molecular formula is C30H32N2O. The summed E-state index contributed by atoms with van der Waals surface area (Å²) in [5.74, 6) is 0.818. The Hall–Kier alpha value is -3.40. The highest BCUT2D eigenvalue weighted by Crippen LogP contribution is 2.29. The zero-order valence-corrected chi connectivity index (χ0v) is 20.0. The summed E-state index contributed by atoms with van der Waals surface area (Å²) in [4.78, 5) is 0. The van der Waals surface area contributed by atoms with Crippen molar-refractivity contribution in [3.8, 4) is 12.1 Å². The average molecular weight is 437 g/mol. The van der Waals surface area contributed by atoms with Gasteiger partial charge in [0.1, 0.15) is 0 Å². The van der Waals surface area contributed by atoms with Crippen LogP contribution in [0, 0.1) is 22.7 Å². The van der Waals surface area contributed by atoms with Crippen LogP contribution in [0.4, 0.5) is 0 Å². The van der Waals surface area contributed by atoms with Crippen molar-refractivity contribution in [2.75, 3.05) is 0 Å². The lowest BCUT2D eigenvalue weighted by atomic mass is 9.86. The molecule has 168 valence electrons. The lowest BCUT2D eigenvalue weighted by Gasteiger charge is -2.18. The van der Waals surface area contributed by atoms with E-state index in [2.05, 4.69) is 70.2 Å². The van der Waals surface area contributed by atoms with E-state index in [1.807, 2.05) is 30.3 Å². The number of hydrogen-bond acceptors (Lipinski definition) is 3. The number of benzene rings is 3. The van der Waals surface area contributed by atoms with Crippen molar-refractivity contribution >= 4 is 0 Å². The molecule has 0 saturated heterocycles. The summed E-state index contributed by atoms with van der Waals surface area (Å²) in [5.41, 5.74) is 8.14. The Morgan fingerprint density at radius 1 is 0.758 bits per heavy atom. The summed E-state index contributed by atoms with van der Waals surface area (Å²) in [7, 11) is 0. The molecule has 3 nitrogen and oxygen atoms in total. The van der Waals surface area contributed by atoms with E-state index >= 15 is 0 Å². The standard InChI is InChI=1S/C30H32N2O/c1-20(2)30-16-24(8-10-27(30)19-33)13-22(4)29-11-9-23(14-28(29)18-32)12-21(3)26-7-5-6-25(15-26)17-31/h5-11,14-16,20-22,33H,12-13,19H2,1-4H3. The van der Waals surface area contributed by atoms with Gasteiger partial charge in [0.25, 0.3) is 0 Å². The highest BCUT2D eigenvalue weighted by molar-refractivity contribution is 5.44. The van der Waals surface area contributed by atoms with Crippen molar-refractivity contribution in [1.29, 1.82) is 10.5 Å². The maximum absolute atomic E-state index is 9.85. The topological polar surface area (TPSA) is 67.8 Å². The van der Waals surface area contributed by atoms with Gasteiger partial charge in [0.15, 0.2) is 0 Å². The van der Waals surface area contributed by atoms with Crippen LogP contribution in [0.15, 0.2) is 60.7 Å². The molecule has 3 heteroatoms. The van der Waals surface area contributed by atoms with Crippen LogP contribution in [0.3, 0.4) is 0 Å². The van der Waals surface area contributed by atoms with Crippen LogP contribution in [0.2, 0.25) is 0 Å². The van der Waals surface area contributed by atoms with E-state index in [1.54, 1.807) is 0 Å². The summed E-state index contributed by atoms with van der Waals surface area (Å²) in [6, 6.07) is 24.9. The summed E-state index contributed by atoms with van der Waals surface area (Å²) < 4.78 is 0. The van der Waals surface area contributed by atoms with E-state index in [0.29, 0.717) is 11.5 Å². The zero-order chi connectivity index (χ0) is 24.0. The second-order valence-corrected chi connectivity index (χ2v) is 9.33. The van der Waals surface area contributed by atoms with Crippen LogP contribution in [0.25, 0.3) is 0 Å². The predicted octanol–water partition coefficient (Wildman–Crippen LogP) is 6.74. The van der Waals surface area contributed by atoms with Crippen LogP contribution in [0.5, 0.6) is 0 Å². The van der Waals surface area contributed by atoms with Crippen molar-refractivity contribution in [3.63, 3.8) is 0 Å². The minimum absolute atomic E-state index is 0.0582. The van der Waals surface area contributed by atoms with Crippen molar-refractivity contribution in [1.82, 2.24) is 0 Å². The van der Waals surface area contributed by atoms with E-state index in [1.165, 1.54) is 11.1 Å². The van der Waals surface area contributed by atoms with Gasteiger partial charge in [-0.25, -0.2) is 0 Å². The third kappa shape index (κ3) is 5.89. The third-order valence-electron chi connectivity index (χ3n) is 6.44. The highest BCUT2D eigenvalue weighted by Gasteiger charge is 2.15. The quantitative estimate of drug-likeness (QED) is 0.425. The molecule has 0 aliphatic heterocycles. The smallest absolute Gasteiger partial charge is 0.0994 e. The molecule has 0 heterocycles. The molecular weight excluding hydrogens is 404 g/mol. The Balaban J connectivity index is 1.79. The molecule has 3 aromatic rings. The van der Waals surface area contributed by atoms with Gasteiger partial charge in [-0.3, -0.25) is 0 Å². The molecule has 0 amide bonds. The minimum Gasteiger partial charge on any atom is -0.392 e. The van der Waals surface area contributed by atoms with Crippen molar-refractivity contribution in [2.24, 2.45) is 0 Å². The van der Waals surface area contributed by atoms with Gasteiger partial charge < -0.3 is 5.11 Å². The molecule has 0 aliphatic carbocycles. The van der Waals surface area contributed by atoms with E-state index in [9.17, 15) is 10.4 Å². The van der Waals surface area contributed by atoms with Gasteiger partial charge in [-0.2, -0.15) is 10.5 Å². The second-order valence-electron chi connectivity index (χ2n) is 9.33. The monoisotopic (exact) mass is 436 g/mol. The first-order chi connectivity index (χ1) is 15.9. The number of nitrogens with zero attached hydrogens (tertiary/aromatic N) is 2. The van der Waals surface area contributed by atoms with Gasteiger partial charge in [-0.15, -0.1) is 0 Å². The van der Waals surface area contributed by atoms with Gasteiger partial charge >= 0.3 is 0 Å². The van der Waals surface area contributed by atoms with E-state index in [0.717, 1.165) is 40.7 Å². The first kappa shape index (κ1) is 24.2. The van der Waals surface area contributed by atoms with E-state index in [-0.39, 0.29) is 18.4 Å². The molecule has 3 rings (SSSR count). The molecule has 0 radical (unpaired) electrons. The SMILES string of the molecule is CC(C)c1cc(CC(C)c2ccc(CC(C)c3cccc(C#N)c3)cc2C#N)ccc1CO. The molecule has 33 heavy (non-hydrogen) atoms. The minimum atomic E-state index is 0.0582. The van der Waals surface area contributed by atoms with Gasteiger partial charge in [-0.05, 0) is 82.2 Å². The highest BCUT2D eigenvalue weighted by atomic mass is 16.3. The lowest BCUT2D eigenvalue weighted by molar-refractivity contribution is 0.280. The summed E-state index contributed by atoms with van der Waals surface area (Å²) in [6.45, 7) is 8.67. The van der Waals surface area contributed by atoms with Crippen molar-refractivity contribution in [3.05, 3.63) is 105 Å². The number of aliphatic hydroxyl groups excluding tert-OH is 1. The normalized spacial score (nSPS) is 12.7. The number of aliphatic hydroxyl groups is 1. The zero-order valence-electron chi connectivity index (χ0n) is 20.0. The fourth-order valence-corrected chi connectivity index (χ4v) is 4.56. The van der Waals surface area contributed by atoms with Crippen LogP contribution in [-0.4, -0.2) is 5.11 Å². The van der Waals surface area contributed by atoms with Crippen LogP contribution in [0.1, 0.15) is 90.0 Å². The largest absolute Gasteiger partial charge is 0.392 e. The first-order valence-corrected chi connectivity index (χ1v) is 11.6. The fourth-order valence-electron chi connectivity index (χ4n) is 4.56. The summed E-state index contributed by atoms with van der Waals surface area (Å²) >= 11 is 0. The summed E-state index contributed by atoms with van der Waals surface area (Å²) in [6.07, 6.45) is 1.66. The Labute approximate surface area is 198 Å². The molecule has 1 N–H and O–H groups in total. The van der Waals surface area contributed by atoms with Gasteiger partial charge in [0.2, 0.25) is 0 Å². The van der Waals surface area contributed by atoms with Crippen molar-refractivity contribution < 1.29 is 5.11 Å². The Morgan fingerprint density at radius 3 is 2.12 bits per heavy atom. The van der Waals surface area contributed by atoms with Crippen molar-refractivity contribution in [2.45, 2.75) is 64.9 Å². The maximum Gasteiger partial charge on any atom is 0.0994 e. The molecule has 0 saturated carbocycles. The van der Waals surface area contributed by atoms with Crippen LogP contribution < -0.4 is 0 Å². The van der Waals surface area contributed by atoms with Gasteiger partial charge in [-0.1, -0.05) is 70.2 Å². The predicted molar refractivity (Wildman–Crippen MR) is 133 cm³/mol. The Morgan fingerprint density at radius 2 is 1.45 bits per heavy atom. The van der Waals surface area contributed by atoms with E-state index in [4.69, 9.17) is 5.26 Å². The Kier molecular flexibility index (Phi) is 8.05. The molecule has 3 aromatic carbocycles. The molecule has 0 spiro atoms. The lowest BCUT2D eigenvalue weighted by Crippen LogP contribution is -2.05. The van der Waals surface area contributed by atoms with Gasteiger partial charge in [0, 0.05) is 0 Å². The average Bonchev–Trinajstić information content (AvgIpc) is 2.83. The molecule has 2 unspecified atom stereocenters. The number of nitriles is 2. The maximum atomic E-state index is 9.85.